The van der Waals surface area contributed by atoms with Crippen LogP contribution in [0.2, 0.25) is 0 Å². The number of hydrogen-bond donors (Lipinski definition) is 2. The molecule has 0 aromatic heterocycles. The number of carbonyl (C=O) groups is 2. The first-order valence-corrected chi connectivity index (χ1v) is 8.48. The van der Waals surface area contributed by atoms with Crippen LogP contribution >= 0.6 is 0 Å². The summed E-state index contributed by atoms with van der Waals surface area (Å²) in [7, 11) is 0. The number of nitrogens with one attached hydrogen (secondary N) is 1. The molecule has 3 atom stereocenters. The van der Waals surface area contributed by atoms with E-state index in [4.69, 9.17) is 0 Å². The topological polar surface area (TPSA) is 69.6 Å². The van der Waals surface area contributed by atoms with Crippen LogP contribution in [-0.2, 0) is 15.0 Å². The molecule has 5 heteroatoms. The second-order valence-corrected chi connectivity index (χ2v) is 7.87. The standard InChI is InChI=1S/C19H28N2O3/c1-12-10-21(11-16(12)18(23)24)13(2)17(22)20-15-8-6-14(7-9-15)19(3,4)5/h6-9,12-13,16H,10-11H2,1-5H3,(H,20,22)(H,23,24)/t12-,13?,16-/m1/s1. The number of amides is 1. The molecule has 1 amide bonds. The summed E-state index contributed by atoms with van der Waals surface area (Å²) in [5.74, 6) is -1.22. The number of anilines is 1. The molecule has 1 unspecified atom stereocenters. The van der Waals surface area contributed by atoms with E-state index in [0.29, 0.717) is 13.1 Å². The Hall–Kier alpha value is -1.88. The molecule has 132 valence electrons. The zero-order valence-electron chi connectivity index (χ0n) is 15.2. The lowest BCUT2D eigenvalue weighted by molar-refractivity contribution is -0.142. The van der Waals surface area contributed by atoms with Gasteiger partial charge in [0.15, 0.2) is 0 Å². The van der Waals surface area contributed by atoms with Gasteiger partial charge in [-0.2, -0.15) is 0 Å². The van der Waals surface area contributed by atoms with Gasteiger partial charge in [0.05, 0.1) is 12.0 Å². The number of aliphatic carboxylic acids is 1. The Kier molecular flexibility index (Phi) is 5.33. The van der Waals surface area contributed by atoms with Crippen LogP contribution in [0.5, 0.6) is 0 Å². The minimum absolute atomic E-state index is 0.0591. The van der Waals surface area contributed by atoms with Crippen LogP contribution in [0.4, 0.5) is 5.69 Å². The molecule has 2 rings (SSSR count). The quantitative estimate of drug-likeness (QED) is 0.889. The number of benzene rings is 1. The van der Waals surface area contributed by atoms with Crippen LogP contribution < -0.4 is 5.32 Å². The smallest absolute Gasteiger partial charge is 0.308 e. The van der Waals surface area contributed by atoms with Crippen molar-refractivity contribution < 1.29 is 14.7 Å². The molecular weight excluding hydrogens is 304 g/mol. The molecule has 24 heavy (non-hydrogen) atoms. The Labute approximate surface area is 144 Å². The number of carboxylic acids is 1. The van der Waals surface area contributed by atoms with E-state index in [9.17, 15) is 14.7 Å². The van der Waals surface area contributed by atoms with Gasteiger partial charge < -0.3 is 10.4 Å². The second-order valence-electron chi connectivity index (χ2n) is 7.87. The highest BCUT2D eigenvalue weighted by molar-refractivity contribution is 5.94. The van der Waals surface area contributed by atoms with Crippen molar-refractivity contribution in [2.24, 2.45) is 11.8 Å². The number of carbonyl (C=O) groups excluding carboxylic acids is 1. The summed E-state index contributed by atoms with van der Waals surface area (Å²) in [5.41, 5.74) is 2.06. The number of rotatable bonds is 4. The van der Waals surface area contributed by atoms with Crippen LogP contribution in [0.25, 0.3) is 0 Å². The lowest BCUT2D eigenvalue weighted by atomic mass is 9.87. The highest BCUT2D eigenvalue weighted by atomic mass is 16.4. The minimum atomic E-state index is -0.782. The fourth-order valence-corrected chi connectivity index (χ4v) is 3.11. The van der Waals surface area contributed by atoms with E-state index in [-0.39, 0.29) is 23.3 Å². The van der Waals surface area contributed by atoms with E-state index in [1.165, 1.54) is 5.56 Å². The summed E-state index contributed by atoms with van der Waals surface area (Å²) in [5, 5.41) is 12.1. The minimum Gasteiger partial charge on any atom is -0.481 e. The molecular formula is C19H28N2O3. The van der Waals surface area contributed by atoms with E-state index in [2.05, 4.69) is 26.1 Å². The normalized spacial score (nSPS) is 23.0. The van der Waals surface area contributed by atoms with Crippen LogP contribution in [0.1, 0.15) is 40.2 Å². The molecule has 0 spiro atoms. The van der Waals surface area contributed by atoms with E-state index in [0.717, 1.165) is 5.69 Å². The fraction of sp³-hybridized carbons (Fsp3) is 0.579. The van der Waals surface area contributed by atoms with Gasteiger partial charge in [-0.05, 0) is 36.0 Å². The van der Waals surface area contributed by atoms with Crippen molar-refractivity contribution >= 4 is 17.6 Å². The zero-order valence-corrected chi connectivity index (χ0v) is 15.2. The van der Waals surface area contributed by atoms with Crippen molar-refractivity contribution in [3.05, 3.63) is 29.8 Å². The highest BCUT2D eigenvalue weighted by Gasteiger charge is 2.38. The van der Waals surface area contributed by atoms with E-state index >= 15 is 0 Å². The first-order valence-electron chi connectivity index (χ1n) is 8.48. The van der Waals surface area contributed by atoms with Crippen LogP contribution in [0.15, 0.2) is 24.3 Å². The van der Waals surface area contributed by atoms with Gasteiger partial charge in [0.1, 0.15) is 0 Å². The summed E-state index contributed by atoms with van der Waals surface area (Å²) < 4.78 is 0. The maximum atomic E-state index is 12.5. The molecule has 1 aromatic carbocycles. The molecule has 1 aliphatic heterocycles. The Bertz CT molecular complexity index is 604. The first-order chi connectivity index (χ1) is 11.1. The van der Waals surface area contributed by atoms with Crippen molar-refractivity contribution in [2.75, 3.05) is 18.4 Å². The van der Waals surface area contributed by atoms with Gasteiger partial charge in [0, 0.05) is 18.8 Å². The van der Waals surface area contributed by atoms with E-state index < -0.39 is 11.9 Å². The van der Waals surface area contributed by atoms with Crippen LogP contribution in [-0.4, -0.2) is 41.0 Å². The maximum absolute atomic E-state index is 12.5. The van der Waals surface area contributed by atoms with E-state index in [1.54, 1.807) is 0 Å². The monoisotopic (exact) mass is 332 g/mol. The average Bonchev–Trinajstić information content (AvgIpc) is 2.88. The molecule has 2 N–H and O–H groups in total. The molecule has 0 radical (unpaired) electrons. The highest BCUT2D eigenvalue weighted by Crippen LogP contribution is 2.26. The maximum Gasteiger partial charge on any atom is 0.308 e. The van der Waals surface area contributed by atoms with Gasteiger partial charge in [0.25, 0.3) is 0 Å². The van der Waals surface area contributed by atoms with Crippen molar-refractivity contribution in [1.29, 1.82) is 0 Å². The first kappa shape index (κ1) is 18.5. The molecule has 1 saturated heterocycles. The molecule has 0 saturated carbocycles. The van der Waals surface area contributed by atoms with E-state index in [1.807, 2.05) is 43.0 Å². The Morgan fingerprint density at radius 1 is 1.21 bits per heavy atom. The van der Waals surface area contributed by atoms with Crippen LogP contribution in [0, 0.1) is 11.8 Å². The third-order valence-electron chi connectivity index (χ3n) is 4.90. The molecule has 0 aliphatic carbocycles. The van der Waals surface area contributed by atoms with Crippen molar-refractivity contribution in [3.63, 3.8) is 0 Å². The van der Waals surface area contributed by atoms with Crippen molar-refractivity contribution in [3.8, 4) is 0 Å². The number of carboxylic acid groups (broad SMARTS) is 1. The average molecular weight is 332 g/mol. The second kappa shape index (κ2) is 6.93. The number of hydrogen-bond acceptors (Lipinski definition) is 3. The SMILES string of the molecule is CC(C(=O)Nc1ccc(C(C)(C)C)cc1)N1C[C@@H](C)[C@H](C(=O)O)C1. The summed E-state index contributed by atoms with van der Waals surface area (Å²) in [6.45, 7) is 11.3. The molecule has 1 heterocycles. The van der Waals surface area contributed by atoms with Crippen LogP contribution in [0.3, 0.4) is 0 Å². The van der Waals surface area contributed by atoms with Gasteiger partial charge in [0.2, 0.25) is 5.91 Å². The molecule has 5 nitrogen and oxygen atoms in total. The van der Waals surface area contributed by atoms with Gasteiger partial charge in [-0.3, -0.25) is 14.5 Å². The molecule has 0 bridgehead atoms. The largest absolute Gasteiger partial charge is 0.481 e. The molecule has 1 fully saturated rings. The summed E-state index contributed by atoms with van der Waals surface area (Å²) in [6, 6.07) is 7.53. The van der Waals surface area contributed by atoms with Gasteiger partial charge >= 0.3 is 5.97 Å². The molecule has 1 aromatic rings. The Morgan fingerprint density at radius 3 is 2.25 bits per heavy atom. The summed E-state index contributed by atoms with van der Waals surface area (Å²) in [4.78, 5) is 25.6. The van der Waals surface area contributed by atoms with Crippen molar-refractivity contribution in [2.45, 2.75) is 46.1 Å². The number of nitrogens with zero attached hydrogens (tertiary/aromatic N) is 1. The third-order valence-corrected chi connectivity index (χ3v) is 4.90. The zero-order chi connectivity index (χ0) is 18.1. The Morgan fingerprint density at radius 2 is 1.79 bits per heavy atom. The van der Waals surface area contributed by atoms with Gasteiger partial charge in [-0.25, -0.2) is 0 Å². The fourth-order valence-electron chi connectivity index (χ4n) is 3.11. The number of likely N-dealkylation sites (tertiary alicyclic amines) is 1. The lowest BCUT2D eigenvalue weighted by Crippen LogP contribution is -2.41. The van der Waals surface area contributed by atoms with Gasteiger partial charge in [-0.15, -0.1) is 0 Å². The van der Waals surface area contributed by atoms with Crippen molar-refractivity contribution in [1.82, 2.24) is 4.90 Å². The summed E-state index contributed by atoms with van der Waals surface area (Å²) >= 11 is 0. The lowest BCUT2D eigenvalue weighted by Gasteiger charge is -2.23. The molecule has 1 aliphatic rings. The predicted octanol–water partition coefficient (Wildman–Crippen LogP) is 2.96. The third kappa shape index (κ3) is 4.15. The van der Waals surface area contributed by atoms with Gasteiger partial charge in [-0.1, -0.05) is 39.8 Å². The summed E-state index contributed by atoms with van der Waals surface area (Å²) in [6.07, 6.45) is 0. The Balaban J connectivity index is 1.98. The predicted molar refractivity (Wildman–Crippen MR) is 95.1 cm³/mol.